The standard InChI is InChI=1S/C19H25N3O2S/c1-19(2,3)18-21-13-16(25-18)17(23)20-12-14-4-6-15(7-5-14)22-8-10-24-11-9-22/h4-7,13H,8-12H2,1-3H3,(H,20,23). The summed E-state index contributed by atoms with van der Waals surface area (Å²) in [6.45, 7) is 10.2. The van der Waals surface area contributed by atoms with Gasteiger partial charge in [-0.2, -0.15) is 0 Å². The molecule has 1 aliphatic heterocycles. The Bertz CT molecular complexity index is 713. The summed E-state index contributed by atoms with van der Waals surface area (Å²) in [6.07, 6.45) is 1.67. The Hall–Kier alpha value is -1.92. The van der Waals surface area contributed by atoms with Crippen molar-refractivity contribution in [2.75, 3.05) is 31.2 Å². The molecular weight excluding hydrogens is 334 g/mol. The molecule has 0 atom stereocenters. The van der Waals surface area contributed by atoms with Crippen LogP contribution in [0.15, 0.2) is 30.5 Å². The van der Waals surface area contributed by atoms with Crippen molar-refractivity contribution < 1.29 is 9.53 Å². The van der Waals surface area contributed by atoms with E-state index in [1.165, 1.54) is 17.0 Å². The molecule has 2 heterocycles. The van der Waals surface area contributed by atoms with E-state index in [4.69, 9.17) is 4.74 Å². The average Bonchev–Trinajstić information content (AvgIpc) is 3.11. The number of carbonyl (C=O) groups excluding carboxylic acids is 1. The molecule has 0 spiro atoms. The van der Waals surface area contributed by atoms with Gasteiger partial charge in [0.05, 0.1) is 24.4 Å². The topological polar surface area (TPSA) is 54.5 Å². The molecule has 3 rings (SSSR count). The van der Waals surface area contributed by atoms with Crippen molar-refractivity contribution in [3.63, 3.8) is 0 Å². The van der Waals surface area contributed by atoms with Gasteiger partial charge in [0.25, 0.3) is 5.91 Å². The first-order chi connectivity index (χ1) is 11.9. The van der Waals surface area contributed by atoms with Crippen LogP contribution in [0.3, 0.4) is 0 Å². The quantitative estimate of drug-likeness (QED) is 0.911. The van der Waals surface area contributed by atoms with Gasteiger partial charge in [-0.05, 0) is 17.7 Å². The zero-order valence-corrected chi connectivity index (χ0v) is 15.9. The van der Waals surface area contributed by atoms with Crippen LogP contribution in [0.1, 0.15) is 41.0 Å². The molecule has 1 fully saturated rings. The molecule has 134 valence electrons. The molecule has 5 nitrogen and oxygen atoms in total. The van der Waals surface area contributed by atoms with Crippen molar-refractivity contribution in [2.24, 2.45) is 0 Å². The van der Waals surface area contributed by atoms with Gasteiger partial charge < -0.3 is 15.0 Å². The zero-order chi connectivity index (χ0) is 17.9. The third kappa shape index (κ3) is 4.58. The number of nitrogens with one attached hydrogen (secondary N) is 1. The van der Waals surface area contributed by atoms with Gasteiger partial charge in [0.2, 0.25) is 0 Å². The van der Waals surface area contributed by atoms with Crippen LogP contribution in [-0.2, 0) is 16.7 Å². The van der Waals surface area contributed by atoms with Crippen LogP contribution in [0, 0.1) is 0 Å². The highest BCUT2D eigenvalue weighted by Crippen LogP contribution is 2.26. The molecule has 0 bridgehead atoms. The van der Waals surface area contributed by atoms with Crippen molar-refractivity contribution >= 4 is 22.9 Å². The molecular formula is C19H25N3O2S. The predicted octanol–water partition coefficient (Wildman–Crippen LogP) is 3.21. The largest absolute Gasteiger partial charge is 0.378 e. The minimum Gasteiger partial charge on any atom is -0.378 e. The SMILES string of the molecule is CC(C)(C)c1ncc(C(=O)NCc2ccc(N3CCOCC3)cc2)s1. The lowest BCUT2D eigenvalue weighted by Crippen LogP contribution is -2.36. The number of carbonyl (C=O) groups is 1. The number of rotatable bonds is 4. The van der Waals surface area contributed by atoms with E-state index in [9.17, 15) is 4.79 Å². The number of hydrogen-bond acceptors (Lipinski definition) is 5. The third-order valence-corrected chi connectivity index (χ3v) is 5.56. The first kappa shape index (κ1) is 17.9. The van der Waals surface area contributed by atoms with Crippen LogP contribution < -0.4 is 10.2 Å². The van der Waals surface area contributed by atoms with Crippen molar-refractivity contribution in [2.45, 2.75) is 32.7 Å². The lowest BCUT2D eigenvalue weighted by Gasteiger charge is -2.28. The minimum atomic E-state index is -0.0646. The third-order valence-electron chi connectivity index (χ3n) is 4.14. The number of aromatic nitrogens is 1. The molecule has 2 aromatic rings. The summed E-state index contributed by atoms with van der Waals surface area (Å²) in [4.78, 5) is 19.7. The van der Waals surface area contributed by atoms with Crippen molar-refractivity contribution in [1.82, 2.24) is 10.3 Å². The van der Waals surface area contributed by atoms with E-state index in [0.29, 0.717) is 11.4 Å². The molecule has 1 N–H and O–H groups in total. The predicted molar refractivity (Wildman–Crippen MR) is 101 cm³/mol. The molecule has 1 aromatic carbocycles. The molecule has 1 aromatic heterocycles. The van der Waals surface area contributed by atoms with Gasteiger partial charge in [-0.1, -0.05) is 32.9 Å². The number of thiazole rings is 1. The Morgan fingerprint density at radius 3 is 2.52 bits per heavy atom. The van der Waals surface area contributed by atoms with E-state index in [-0.39, 0.29) is 11.3 Å². The Labute approximate surface area is 153 Å². The second kappa shape index (κ2) is 7.54. The minimum absolute atomic E-state index is 0.0292. The molecule has 25 heavy (non-hydrogen) atoms. The van der Waals surface area contributed by atoms with Gasteiger partial charge in [-0.15, -0.1) is 11.3 Å². The molecule has 1 aliphatic rings. The van der Waals surface area contributed by atoms with Crippen LogP contribution in [-0.4, -0.2) is 37.2 Å². The number of benzene rings is 1. The highest BCUT2D eigenvalue weighted by atomic mass is 32.1. The smallest absolute Gasteiger partial charge is 0.263 e. The fourth-order valence-electron chi connectivity index (χ4n) is 2.64. The highest BCUT2D eigenvalue weighted by Gasteiger charge is 2.20. The molecule has 0 aliphatic carbocycles. The summed E-state index contributed by atoms with van der Waals surface area (Å²) in [7, 11) is 0. The lowest BCUT2D eigenvalue weighted by molar-refractivity contribution is 0.0954. The van der Waals surface area contributed by atoms with Crippen LogP contribution in [0.2, 0.25) is 0 Å². The van der Waals surface area contributed by atoms with E-state index in [1.807, 2.05) is 0 Å². The fourth-order valence-corrected chi connectivity index (χ4v) is 3.53. The molecule has 1 saturated heterocycles. The van der Waals surface area contributed by atoms with E-state index in [2.05, 4.69) is 60.2 Å². The van der Waals surface area contributed by atoms with Crippen LogP contribution in [0.5, 0.6) is 0 Å². The molecule has 0 unspecified atom stereocenters. The first-order valence-electron chi connectivity index (χ1n) is 8.59. The molecule has 1 amide bonds. The molecule has 0 radical (unpaired) electrons. The van der Waals surface area contributed by atoms with E-state index >= 15 is 0 Å². The van der Waals surface area contributed by atoms with Gasteiger partial charge in [0.1, 0.15) is 4.88 Å². The van der Waals surface area contributed by atoms with Gasteiger partial charge in [-0.3, -0.25) is 4.79 Å². The van der Waals surface area contributed by atoms with E-state index < -0.39 is 0 Å². The van der Waals surface area contributed by atoms with Crippen LogP contribution in [0.25, 0.3) is 0 Å². The Balaban J connectivity index is 1.56. The number of anilines is 1. The number of hydrogen-bond donors (Lipinski definition) is 1. The Morgan fingerprint density at radius 2 is 1.92 bits per heavy atom. The Morgan fingerprint density at radius 1 is 1.24 bits per heavy atom. The highest BCUT2D eigenvalue weighted by molar-refractivity contribution is 7.13. The average molecular weight is 359 g/mol. The normalized spacial score (nSPS) is 15.2. The second-order valence-corrected chi connectivity index (χ2v) is 8.26. The maximum Gasteiger partial charge on any atom is 0.263 e. The molecule has 6 heteroatoms. The van der Waals surface area contributed by atoms with Crippen molar-refractivity contribution in [3.8, 4) is 0 Å². The summed E-state index contributed by atoms with van der Waals surface area (Å²) in [5.41, 5.74) is 2.26. The van der Waals surface area contributed by atoms with Gasteiger partial charge in [-0.25, -0.2) is 4.98 Å². The zero-order valence-electron chi connectivity index (χ0n) is 15.0. The van der Waals surface area contributed by atoms with E-state index in [0.717, 1.165) is 36.9 Å². The van der Waals surface area contributed by atoms with Crippen LogP contribution >= 0.6 is 11.3 Å². The summed E-state index contributed by atoms with van der Waals surface area (Å²) >= 11 is 1.46. The lowest BCUT2D eigenvalue weighted by atomic mass is 9.98. The number of morpholine rings is 1. The summed E-state index contributed by atoms with van der Waals surface area (Å²) < 4.78 is 5.38. The first-order valence-corrected chi connectivity index (χ1v) is 9.41. The number of nitrogens with zero attached hydrogens (tertiary/aromatic N) is 2. The van der Waals surface area contributed by atoms with Crippen molar-refractivity contribution in [1.29, 1.82) is 0 Å². The second-order valence-electron chi connectivity index (χ2n) is 7.23. The van der Waals surface area contributed by atoms with Gasteiger partial charge in [0, 0.05) is 30.7 Å². The number of ether oxygens (including phenoxy) is 1. The monoisotopic (exact) mass is 359 g/mol. The van der Waals surface area contributed by atoms with E-state index in [1.54, 1.807) is 6.20 Å². The maximum absolute atomic E-state index is 12.3. The Kier molecular flexibility index (Phi) is 5.39. The summed E-state index contributed by atoms with van der Waals surface area (Å²) in [5.74, 6) is -0.0646. The molecule has 0 saturated carbocycles. The van der Waals surface area contributed by atoms with Gasteiger partial charge >= 0.3 is 0 Å². The fraction of sp³-hybridized carbons (Fsp3) is 0.474. The maximum atomic E-state index is 12.3. The van der Waals surface area contributed by atoms with Gasteiger partial charge in [0.15, 0.2) is 0 Å². The van der Waals surface area contributed by atoms with Crippen LogP contribution in [0.4, 0.5) is 5.69 Å². The number of amides is 1. The van der Waals surface area contributed by atoms with Crippen molar-refractivity contribution in [3.05, 3.63) is 45.9 Å². The summed E-state index contributed by atoms with van der Waals surface area (Å²) in [6, 6.07) is 8.35. The summed E-state index contributed by atoms with van der Waals surface area (Å²) in [5, 5.41) is 3.96.